The molecule has 0 bridgehead atoms. The van der Waals surface area contributed by atoms with Gasteiger partial charge in [-0.25, -0.2) is 0 Å². The van der Waals surface area contributed by atoms with Crippen molar-refractivity contribution in [2.75, 3.05) is 5.84 Å². The van der Waals surface area contributed by atoms with Crippen LogP contribution in [0.15, 0.2) is 12.7 Å². The molecule has 0 spiro atoms. The molecule has 5 heteroatoms. The number of hydrogen-bond donors (Lipinski definition) is 1. The maximum absolute atomic E-state index is 5.51. The van der Waals surface area contributed by atoms with Crippen LogP contribution < -0.4 is 27.5 Å². The number of nitrogen functional groups attached to an aromatic ring is 1. The van der Waals surface area contributed by atoms with Crippen LogP contribution in [0.25, 0.3) is 0 Å². The second-order valence-electron chi connectivity index (χ2n) is 4.43. The van der Waals surface area contributed by atoms with Crippen molar-refractivity contribution >= 4 is 0 Å². The van der Waals surface area contributed by atoms with Gasteiger partial charge in [-0.1, -0.05) is 51.9 Å². The van der Waals surface area contributed by atoms with E-state index >= 15 is 0 Å². The molecule has 0 saturated carbocycles. The van der Waals surface area contributed by atoms with E-state index in [9.17, 15) is 0 Å². The fourth-order valence-electron chi connectivity index (χ4n) is 1.86. The van der Waals surface area contributed by atoms with Crippen molar-refractivity contribution in [3.8, 4) is 0 Å². The lowest BCUT2D eigenvalue weighted by atomic mass is 10.1. The van der Waals surface area contributed by atoms with E-state index in [2.05, 4.69) is 12.0 Å². The average Bonchev–Trinajstić information content (AvgIpc) is 2.68. The largest absolute Gasteiger partial charge is 1.00 e. The molecule has 0 aliphatic carbocycles. The number of hydrogen-bond acceptors (Lipinski definition) is 2. The highest BCUT2D eigenvalue weighted by atomic mass is 79.9. The SMILES string of the molecule is CCCCCCCCCCn1c[n+](N)cn1.[Br-]. The van der Waals surface area contributed by atoms with Crippen LogP contribution in [0, 0.1) is 0 Å². The number of unbranched alkanes of at least 4 members (excludes halogenated alkanes) is 7. The summed E-state index contributed by atoms with van der Waals surface area (Å²) in [4.78, 5) is 0. The molecule has 4 nitrogen and oxygen atoms in total. The predicted molar refractivity (Wildman–Crippen MR) is 65.2 cm³/mol. The van der Waals surface area contributed by atoms with Crippen molar-refractivity contribution in [1.29, 1.82) is 0 Å². The quantitative estimate of drug-likeness (QED) is 0.362. The van der Waals surface area contributed by atoms with Crippen LogP contribution in [0.4, 0.5) is 0 Å². The summed E-state index contributed by atoms with van der Waals surface area (Å²) < 4.78 is 3.39. The summed E-state index contributed by atoms with van der Waals surface area (Å²) in [5, 5.41) is 4.13. The van der Waals surface area contributed by atoms with Crippen LogP contribution >= 0.6 is 0 Å². The van der Waals surface area contributed by atoms with Gasteiger partial charge in [-0.05, 0) is 6.42 Å². The topological polar surface area (TPSA) is 47.7 Å². The molecule has 1 heterocycles. The predicted octanol–water partition coefficient (Wildman–Crippen LogP) is -0.971. The van der Waals surface area contributed by atoms with Crippen molar-refractivity contribution in [2.24, 2.45) is 0 Å². The van der Waals surface area contributed by atoms with E-state index in [-0.39, 0.29) is 17.0 Å². The van der Waals surface area contributed by atoms with Gasteiger partial charge in [-0.15, -0.1) is 9.36 Å². The minimum absolute atomic E-state index is 0. The number of aromatic nitrogens is 3. The Morgan fingerprint density at radius 2 is 1.65 bits per heavy atom. The first-order valence-corrected chi connectivity index (χ1v) is 6.51. The van der Waals surface area contributed by atoms with E-state index in [0.29, 0.717) is 0 Å². The summed E-state index contributed by atoms with van der Waals surface area (Å²) in [6, 6.07) is 0. The van der Waals surface area contributed by atoms with E-state index in [0.717, 1.165) is 6.54 Å². The van der Waals surface area contributed by atoms with E-state index in [1.165, 1.54) is 56.0 Å². The summed E-state index contributed by atoms with van der Waals surface area (Å²) in [7, 11) is 0. The average molecular weight is 305 g/mol. The highest BCUT2D eigenvalue weighted by Gasteiger charge is 2.01. The Labute approximate surface area is 115 Å². The Morgan fingerprint density at radius 1 is 1.06 bits per heavy atom. The minimum atomic E-state index is 0. The van der Waals surface area contributed by atoms with Crippen molar-refractivity contribution < 1.29 is 21.7 Å². The van der Waals surface area contributed by atoms with Crippen LogP contribution in [-0.4, -0.2) is 9.78 Å². The molecule has 0 unspecified atom stereocenters. The maximum Gasteiger partial charge on any atom is 0.286 e. The molecule has 1 rings (SSSR count). The molecule has 0 aliphatic rings. The molecule has 17 heavy (non-hydrogen) atoms. The first-order chi connectivity index (χ1) is 7.83. The van der Waals surface area contributed by atoms with Crippen molar-refractivity contribution in [3.63, 3.8) is 0 Å². The van der Waals surface area contributed by atoms with Gasteiger partial charge in [0.2, 0.25) is 6.33 Å². The van der Waals surface area contributed by atoms with Gasteiger partial charge in [-0.3, -0.25) is 5.84 Å². The lowest BCUT2D eigenvalue weighted by Gasteiger charge is -1.99. The molecule has 0 radical (unpaired) electrons. The van der Waals surface area contributed by atoms with Gasteiger partial charge in [-0.2, -0.15) is 0 Å². The number of nitrogens with zero attached hydrogens (tertiary/aromatic N) is 3. The summed E-state index contributed by atoms with van der Waals surface area (Å²) >= 11 is 0. The van der Waals surface area contributed by atoms with Crippen molar-refractivity contribution in [1.82, 2.24) is 9.78 Å². The fourth-order valence-corrected chi connectivity index (χ4v) is 1.86. The first-order valence-electron chi connectivity index (χ1n) is 6.51. The molecule has 100 valence electrons. The van der Waals surface area contributed by atoms with Gasteiger partial charge in [0.05, 0.1) is 0 Å². The third-order valence-electron chi connectivity index (χ3n) is 2.84. The van der Waals surface area contributed by atoms with Gasteiger partial charge in [0.15, 0.2) is 0 Å². The van der Waals surface area contributed by atoms with Crippen LogP contribution in [0.2, 0.25) is 0 Å². The molecule has 1 aromatic heterocycles. The summed E-state index contributed by atoms with van der Waals surface area (Å²) in [6.45, 7) is 3.24. The molecule has 0 aliphatic heterocycles. The van der Waals surface area contributed by atoms with Gasteiger partial charge in [0, 0.05) is 5.10 Å². The molecular formula is C12H25BrN4. The van der Waals surface area contributed by atoms with Crippen LogP contribution in [-0.2, 0) is 6.54 Å². The molecule has 2 N–H and O–H groups in total. The highest BCUT2D eigenvalue weighted by molar-refractivity contribution is 4.49. The zero-order valence-corrected chi connectivity index (χ0v) is 12.4. The highest BCUT2D eigenvalue weighted by Crippen LogP contribution is 2.08. The fraction of sp³-hybridized carbons (Fsp3) is 0.833. The lowest BCUT2D eigenvalue weighted by Crippen LogP contribution is -3.00. The minimum Gasteiger partial charge on any atom is -1.00 e. The Bertz CT molecular complexity index is 275. The van der Waals surface area contributed by atoms with Gasteiger partial charge < -0.3 is 17.0 Å². The van der Waals surface area contributed by atoms with Crippen LogP contribution in [0.5, 0.6) is 0 Å². The Hall–Kier alpha value is -0.580. The van der Waals surface area contributed by atoms with E-state index < -0.39 is 0 Å². The van der Waals surface area contributed by atoms with Gasteiger partial charge >= 0.3 is 0 Å². The standard InChI is InChI=1S/C12H25N4.BrH/c1-2-3-4-5-6-7-8-9-10-16-12-15(13)11-14-16;/h11-12H,2-10,13H2,1H3;1H/q+1;/p-1. The lowest BCUT2D eigenvalue weighted by molar-refractivity contribution is -0.639. The zero-order valence-electron chi connectivity index (χ0n) is 10.8. The number of rotatable bonds is 9. The summed E-state index contributed by atoms with van der Waals surface area (Å²) in [5.41, 5.74) is 0. The van der Waals surface area contributed by atoms with Gasteiger partial charge in [0.25, 0.3) is 6.33 Å². The molecule has 0 saturated heterocycles. The van der Waals surface area contributed by atoms with Gasteiger partial charge in [0.1, 0.15) is 6.54 Å². The molecular weight excluding hydrogens is 280 g/mol. The second-order valence-corrected chi connectivity index (χ2v) is 4.43. The molecule has 0 atom stereocenters. The molecule has 1 aromatic rings. The zero-order chi connectivity index (χ0) is 11.6. The number of nitrogens with two attached hydrogens (primary N) is 1. The van der Waals surface area contributed by atoms with Crippen LogP contribution in [0.1, 0.15) is 58.3 Å². The Balaban J connectivity index is 0.00000256. The smallest absolute Gasteiger partial charge is 0.286 e. The Kier molecular flexibility index (Phi) is 10.2. The summed E-state index contributed by atoms with van der Waals surface area (Å²) in [6.07, 6.45) is 14.2. The second kappa shape index (κ2) is 10.6. The third kappa shape index (κ3) is 8.18. The van der Waals surface area contributed by atoms with Crippen molar-refractivity contribution in [3.05, 3.63) is 12.7 Å². The molecule has 0 fully saturated rings. The third-order valence-corrected chi connectivity index (χ3v) is 2.84. The molecule has 0 amide bonds. The first kappa shape index (κ1) is 16.4. The van der Waals surface area contributed by atoms with E-state index in [1.807, 2.05) is 11.0 Å². The Morgan fingerprint density at radius 3 is 2.18 bits per heavy atom. The monoisotopic (exact) mass is 304 g/mol. The van der Waals surface area contributed by atoms with E-state index in [1.54, 1.807) is 6.33 Å². The number of aryl methyl sites for hydroxylation is 1. The van der Waals surface area contributed by atoms with Crippen molar-refractivity contribution in [2.45, 2.75) is 64.8 Å². The summed E-state index contributed by atoms with van der Waals surface area (Å²) in [5.74, 6) is 5.51. The number of halogens is 1. The van der Waals surface area contributed by atoms with Crippen LogP contribution in [0.3, 0.4) is 0 Å². The normalized spacial score (nSPS) is 10.2. The maximum atomic E-state index is 5.51. The van der Waals surface area contributed by atoms with E-state index in [4.69, 9.17) is 5.84 Å². The molecule has 0 aromatic carbocycles.